The van der Waals surface area contributed by atoms with Crippen LogP contribution in [-0.2, 0) is 5.54 Å². The summed E-state index contributed by atoms with van der Waals surface area (Å²) < 4.78 is 0. The van der Waals surface area contributed by atoms with E-state index in [0.717, 1.165) is 6.54 Å². The van der Waals surface area contributed by atoms with Gasteiger partial charge in [0.15, 0.2) is 0 Å². The highest BCUT2D eigenvalue weighted by Gasteiger charge is 2.51. The van der Waals surface area contributed by atoms with E-state index in [1.54, 1.807) is 0 Å². The van der Waals surface area contributed by atoms with Gasteiger partial charge in [-0.05, 0) is 45.1 Å². The lowest BCUT2D eigenvalue weighted by molar-refractivity contribution is 0.156. The summed E-state index contributed by atoms with van der Waals surface area (Å²) in [5, 5.41) is 5.15. The molecule has 0 amide bonds. The maximum Gasteiger partial charge on any atom is 0.114 e. The molecule has 1 unspecified atom stereocenters. The molecule has 0 radical (unpaired) electrons. The first-order valence-corrected chi connectivity index (χ1v) is 7.94. The molecular weight excluding hydrogens is 240 g/mol. The molecule has 1 N–H and O–H groups in total. The third kappa shape index (κ3) is 2.12. The van der Waals surface area contributed by atoms with Gasteiger partial charge in [-0.15, -0.1) is 11.3 Å². The third-order valence-electron chi connectivity index (χ3n) is 4.58. The zero-order valence-corrected chi connectivity index (χ0v) is 13.2. The summed E-state index contributed by atoms with van der Waals surface area (Å²) in [6.45, 7) is 12.4. The Morgan fingerprint density at radius 2 is 2.00 bits per heavy atom. The molecule has 0 spiro atoms. The van der Waals surface area contributed by atoms with Gasteiger partial charge in [0, 0.05) is 4.88 Å². The number of nitrogens with zero attached hydrogens (tertiary/aromatic N) is 1. The van der Waals surface area contributed by atoms with Crippen LogP contribution < -0.4 is 5.32 Å². The van der Waals surface area contributed by atoms with E-state index in [1.165, 1.54) is 41.3 Å². The van der Waals surface area contributed by atoms with E-state index in [2.05, 4.69) is 39.9 Å². The van der Waals surface area contributed by atoms with Crippen LogP contribution in [0.4, 0.5) is 0 Å². The third-order valence-corrected chi connectivity index (χ3v) is 5.81. The Hall–Kier alpha value is -0.410. The monoisotopic (exact) mass is 266 g/mol. The molecule has 0 bridgehead atoms. The number of rotatable bonds is 4. The van der Waals surface area contributed by atoms with Crippen LogP contribution in [0.5, 0.6) is 0 Å². The van der Waals surface area contributed by atoms with Gasteiger partial charge in [0.2, 0.25) is 0 Å². The average molecular weight is 266 g/mol. The number of hydrogen-bond acceptors (Lipinski definition) is 3. The zero-order chi connectivity index (χ0) is 13.4. The van der Waals surface area contributed by atoms with Crippen LogP contribution in [0.2, 0.25) is 0 Å². The first kappa shape index (κ1) is 14.0. The quantitative estimate of drug-likeness (QED) is 0.885. The second-order valence-electron chi connectivity index (χ2n) is 6.23. The van der Waals surface area contributed by atoms with Crippen LogP contribution in [0.25, 0.3) is 0 Å². The molecular formula is C15H26N2S. The highest BCUT2D eigenvalue weighted by atomic mass is 32.1. The van der Waals surface area contributed by atoms with Crippen LogP contribution in [0.1, 0.15) is 62.0 Å². The van der Waals surface area contributed by atoms with Gasteiger partial charge >= 0.3 is 0 Å². The first-order chi connectivity index (χ1) is 8.43. The Labute approximate surface area is 115 Å². The average Bonchev–Trinajstić information content (AvgIpc) is 2.78. The topological polar surface area (TPSA) is 24.9 Å². The predicted octanol–water partition coefficient (Wildman–Crippen LogP) is 4.16. The standard InChI is InChI=1S/C15H26N2S/c1-6-10-16-15(9-7-8-14(15,4)5)13-17-11(2)12(3)18-13/h16H,6-10H2,1-5H3. The van der Waals surface area contributed by atoms with Crippen LogP contribution >= 0.6 is 11.3 Å². The van der Waals surface area contributed by atoms with Crippen molar-refractivity contribution >= 4 is 11.3 Å². The molecule has 1 heterocycles. The fourth-order valence-electron chi connectivity index (χ4n) is 3.14. The molecule has 1 aliphatic rings. The summed E-state index contributed by atoms with van der Waals surface area (Å²) in [7, 11) is 0. The lowest BCUT2D eigenvalue weighted by atomic mass is 9.75. The van der Waals surface area contributed by atoms with Crippen LogP contribution in [0, 0.1) is 19.3 Å². The Morgan fingerprint density at radius 3 is 2.44 bits per heavy atom. The van der Waals surface area contributed by atoms with E-state index in [4.69, 9.17) is 4.98 Å². The van der Waals surface area contributed by atoms with Gasteiger partial charge in [-0.3, -0.25) is 0 Å². The van der Waals surface area contributed by atoms with Gasteiger partial charge in [-0.2, -0.15) is 0 Å². The fourth-order valence-corrected chi connectivity index (χ4v) is 4.43. The molecule has 1 saturated carbocycles. The first-order valence-electron chi connectivity index (χ1n) is 7.12. The summed E-state index contributed by atoms with van der Waals surface area (Å²) in [5.74, 6) is 0. The maximum atomic E-state index is 4.87. The summed E-state index contributed by atoms with van der Waals surface area (Å²) in [6, 6.07) is 0. The molecule has 2 rings (SSSR count). The van der Waals surface area contributed by atoms with Gasteiger partial charge in [0.1, 0.15) is 5.01 Å². The minimum absolute atomic E-state index is 0.104. The summed E-state index contributed by atoms with van der Waals surface area (Å²) >= 11 is 1.89. The summed E-state index contributed by atoms with van der Waals surface area (Å²) in [5.41, 5.74) is 1.61. The minimum atomic E-state index is 0.104. The second-order valence-corrected chi connectivity index (χ2v) is 7.43. The number of aryl methyl sites for hydroxylation is 2. The molecule has 1 aliphatic carbocycles. The number of aromatic nitrogens is 1. The van der Waals surface area contributed by atoms with Crippen molar-refractivity contribution in [3.05, 3.63) is 15.6 Å². The molecule has 1 atom stereocenters. The van der Waals surface area contributed by atoms with E-state index in [0.29, 0.717) is 5.41 Å². The van der Waals surface area contributed by atoms with Crippen LogP contribution in [-0.4, -0.2) is 11.5 Å². The van der Waals surface area contributed by atoms with Crippen molar-refractivity contribution in [2.75, 3.05) is 6.54 Å². The smallest absolute Gasteiger partial charge is 0.114 e. The number of hydrogen-bond donors (Lipinski definition) is 1. The lowest BCUT2D eigenvalue weighted by Gasteiger charge is -2.41. The maximum absolute atomic E-state index is 4.87. The Bertz CT molecular complexity index is 403. The highest BCUT2D eigenvalue weighted by molar-refractivity contribution is 7.11. The van der Waals surface area contributed by atoms with Crippen LogP contribution in [0.15, 0.2) is 0 Å². The normalized spacial score (nSPS) is 26.7. The predicted molar refractivity (Wildman–Crippen MR) is 79.2 cm³/mol. The van der Waals surface area contributed by atoms with E-state index in [-0.39, 0.29) is 5.54 Å². The fraction of sp³-hybridized carbons (Fsp3) is 0.800. The van der Waals surface area contributed by atoms with E-state index in [1.807, 2.05) is 11.3 Å². The SMILES string of the molecule is CCCNC1(c2nc(C)c(C)s2)CCCC1(C)C. The Morgan fingerprint density at radius 1 is 1.28 bits per heavy atom. The number of thiazole rings is 1. The van der Waals surface area contributed by atoms with Gasteiger partial charge in [0.05, 0.1) is 11.2 Å². The van der Waals surface area contributed by atoms with E-state index in [9.17, 15) is 0 Å². The Kier molecular flexibility index (Phi) is 3.84. The summed E-state index contributed by atoms with van der Waals surface area (Å²) in [4.78, 5) is 6.24. The second kappa shape index (κ2) is 4.93. The molecule has 102 valence electrons. The molecule has 3 heteroatoms. The van der Waals surface area contributed by atoms with Crippen LogP contribution in [0.3, 0.4) is 0 Å². The van der Waals surface area contributed by atoms with Crippen molar-refractivity contribution in [3.8, 4) is 0 Å². The van der Waals surface area contributed by atoms with Gasteiger partial charge in [-0.1, -0.05) is 27.2 Å². The van der Waals surface area contributed by atoms with Gasteiger partial charge in [0.25, 0.3) is 0 Å². The van der Waals surface area contributed by atoms with Crippen molar-refractivity contribution in [3.63, 3.8) is 0 Å². The van der Waals surface area contributed by atoms with Gasteiger partial charge < -0.3 is 5.32 Å². The largest absolute Gasteiger partial charge is 0.305 e. The molecule has 1 fully saturated rings. The van der Waals surface area contributed by atoms with E-state index >= 15 is 0 Å². The molecule has 2 nitrogen and oxygen atoms in total. The lowest BCUT2D eigenvalue weighted by Crippen LogP contribution is -2.50. The van der Waals surface area contributed by atoms with Crippen molar-refractivity contribution < 1.29 is 0 Å². The zero-order valence-electron chi connectivity index (χ0n) is 12.4. The van der Waals surface area contributed by atoms with Crippen molar-refractivity contribution in [2.45, 2.75) is 65.8 Å². The Balaban J connectivity index is 2.42. The molecule has 18 heavy (non-hydrogen) atoms. The molecule has 1 aromatic heterocycles. The van der Waals surface area contributed by atoms with E-state index < -0.39 is 0 Å². The van der Waals surface area contributed by atoms with Crippen molar-refractivity contribution in [2.24, 2.45) is 5.41 Å². The summed E-state index contributed by atoms with van der Waals surface area (Å²) in [6.07, 6.45) is 5.01. The highest BCUT2D eigenvalue weighted by Crippen LogP contribution is 2.53. The van der Waals surface area contributed by atoms with Crippen molar-refractivity contribution in [1.29, 1.82) is 0 Å². The minimum Gasteiger partial charge on any atom is -0.305 e. The molecule has 1 aromatic rings. The van der Waals surface area contributed by atoms with Crippen molar-refractivity contribution in [1.82, 2.24) is 10.3 Å². The molecule has 0 aromatic carbocycles. The molecule has 0 saturated heterocycles. The van der Waals surface area contributed by atoms with Gasteiger partial charge in [-0.25, -0.2) is 4.98 Å². The number of nitrogens with one attached hydrogen (secondary N) is 1. The molecule has 0 aliphatic heterocycles.